The maximum atomic E-state index is 12.3. The normalized spacial score (nSPS) is 17.6. The van der Waals surface area contributed by atoms with Crippen LogP contribution in [0.2, 0.25) is 0 Å². The van der Waals surface area contributed by atoms with Gasteiger partial charge in [-0.3, -0.25) is 14.7 Å². The molecule has 1 saturated heterocycles. The Morgan fingerprint density at radius 3 is 2.96 bits per heavy atom. The third-order valence-corrected chi connectivity index (χ3v) is 3.95. The molecule has 120 valence electrons. The molecule has 0 spiro atoms. The molecule has 3 rings (SSSR count). The van der Waals surface area contributed by atoms with Gasteiger partial charge in [0.25, 0.3) is 0 Å². The van der Waals surface area contributed by atoms with E-state index in [1.54, 1.807) is 4.90 Å². The van der Waals surface area contributed by atoms with E-state index in [4.69, 9.17) is 0 Å². The first-order chi connectivity index (χ1) is 11.1. The Kier molecular flexibility index (Phi) is 4.10. The number of H-pyrrole nitrogens is 1. The molecule has 1 aromatic carbocycles. The molecule has 2 amide bonds. The molecule has 2 aromatic rings. The van der Waals surface area contributed by atoms with Gasteiger partial charge in [0.2, 0.25) is 11.8 Å². The van der Waals surface area contributed by atoms with Gasteiger partial charge in [-0.25, -0.2) is 4.98 Å². The third kappa shape index (κ3) is 3.23. The lowest BCUT2D eigenvalue weighted by Gasteiger charge is -2.13. The minimum Gasteiger partial charge on any atom is -0.342 e. The molecule has 7 heteroatoms. The van der Waals surface area contributed by atoms with Crippen molar-refractivity contribution in [3.05, 3.63) is 30.1 Å². The maximum Gasteiger partial charge on any atom is 0.229 e. The number of nitrogens with zero attached hydrogens (tertiary/aromatic N) is 3. The van der Waals surface area contributed by atoms with Crippen LogP contribution in [0, 0.1) is 12.8 Å². The summed E-state index contributed by atoms with van der Waals surface area (Å²) in [6.45, 7) is 4.88. The summed E-state index contributed by atoms with van der Waals surface area (Å²) in [5, 5.41) is 9.79. The van der Waals surface area contributed by atoms with Crippen molar-refractivity contribution in [3.63, 3.8) is 0 Å². The largest absolute Gasteiger partial charge is 0.342 e. The molecule has 1 fully saturated rings. The molecule has 0 aliphatic carbocycles. The zero-order valence-corrected chi connectivity index (χ0v) is 13.2. The molecule has 0 radical (unpaired) electrons. The number of benzene rings is 1. The van der Waals surface area contributed by atoms with E-state index in [2.05, 4.69) is 20.5 Å². The highest BCUT2D eigenvalue weighted by molar-refractivity contribution is 5.97. The lowest BCUT2D eigenvalue weighted by Crippen LogP contribution is -2.28. The molecule has 1 atom stereocenters. The Labute approximate surface area is 134 Å². The van der Waals surface area contributed by atoms with E-state index in [9.17, 15) is 9.59 Å². The highest BCUT2D eigenvalue weighted by atomic mass is 16.2. The second-order valence-electron chi connectivity index (χ2n) is 5.65. The molecule has 2 N–H and O–H groups in total. The standard InChI is InChI=1S/C16H19N5O2/c1-3-21-9-12(8-14(21)22)16(23)18-13-6-4-5-11(7-13)15-17-10(2)19-20-15/h4-7,12H,3,8-9H2,1-2H3,(H,18,23)(H,17,19,20). The van der Waals surface area contributed by atoms with Crippen LogP contribution in [0.5, 0.6) is 0 Å². The molecule has 2 heterocycles. The summed E-state index contributed by atoms with van der Waals surface area (Å²) in [6, 6.07) is 7.37. The molecule has 0 bridgehead atoms. The van der Waals surface area contributed by atoms with Gasteiger partial charge in [-0.1, -0.05) is 12.1 Å². The highest BCUT2D eigenvalue weighted by Gasteiger charge is 2.33. The van der Waals surface area contributed by atoms with Crippen molar-refractivity contribution in [2.45, 2.75) is 20.3 Å². The van der Waals surface area contributed by atoms with E-state index in [0.29, 0.717) is 24.6 Å². The number of aryl methyl sites for hydroxylation is 1. The second kappa shape index (κ2) is 6.20. The van der Waals surface area contributed by atoms with Gasteiger partial charge in [-0.05, 0) is 26.0 Å². The summed E-state index contributed by atoms with van der Waals surface area (Å²) in [4.78, 5) is 30.1. The first-order valence-corrected chi connectivity index (χ1v) is 7.65. The van der Waals surface area contributed by atoms with Gasteiger partial charge in [0, 0.05) is 30.8 Å². The van der Waals surface area contributed by atoms with E-state index in [1.165, 1.54) is 0 Å². The number of amides is 2. The lowest BCUT2D eigenvalue weighted by molar-refractivity contribution is -0.128. The topological polar surface area (TPSA) is 91.0 Å². The number of anilines is 1. The van der Waals surface area contributed by atoms with Crippen LogP contribution < -0.4 is 5.32 Å². The van der Waals surface area contributed by atoms with E-state index in [-0.39, 0.29) is 24.2 Å². The van der Waals surface area contributed by atoms with Gasteiger partial charge < -0.3 is 10.2 Å². The summed E-state index contributed by atoms with van der Waals surface area (Å²) in [6.07, 6.45) is 0.277. The van der Waals surface area contributed by atoms with Crippen molar-refractivity contribution in [1.82, 2.24) is 20.1 Å². The average molecular weight is 313 g/mol. The van der Waals surface area contributed by atoms with Gasteiger partial charge in [0.1, 0.15) is 5.82 Å². The highest BCUT2D eigenvalue weighted by Crippen LogP contribution is 2.22. The minimum atomic E-state index is -0.295. The van der Waals surface area contributed by atoms with Crippen LogP contribution in [0.25, 0.3) is 11.4 Å². The number of rotatable bonds is 4. The monoisotopic (exact) mass is 313 g/mol. The van der Waals surface area contributed by atoms with Crippen LogP contribution in [-0.2, 0) is 9.59 Å². The van der Waals surface area contributed by atoms with Crippen molar-refractivity contribution in [2.24, 2.45) is 5.92 Å². The van der Waals surface area contributed by atoms with Crippen molar-refractivity contribution in [2.75, 3.05) is 18.4 Å². The maximum absolute atomic E-state index is 12.3. The SMILES string of the molecule is CCN1CC(C(=O)Nc2cccc(-c3n[nH]c(C)n3)c2)CC1=O. The number of carbonyl (C=O) groups is 2. The van der Waals surface area contributed by atoms with Crippen LogP contribution in [0.15, 0.2) is 24.3 Å². The fourth-order valence-electron chi connectivity index (χ4n) is 2.71. The van der Waals surface area contributed by atoms with Crippen LogP contribution in [0.4, 0.5) is 5.69 Å². The Morgan fingerprint density at radius 2 is 2.30 bits per heavy atom. The Balaban J connectivity index is 1.71. The first-order valence-electron chi connectivity index (χ1n) is 7.65. The predicted octanol–water partition coefficient (Wildman–Crippen LogP) is 1.59. The van der Waals surface area contributed by atoms with E-state index < -0.39 is 0 Å². The lowest BCUT2D eigenvalue weighted by atomic mass is 10.1. The number of carbonyl (C=O) groups excluding carboxylic acids is 2. The van der Waals surface area contributed by atoms with Crippen molar-refractivity contribution >= 4 is 17.5 Å². The van der Waals surface area contributed by atoms with Crippen LogP contribution in [0.1, 0.15) is 19.2 Å². The first kappa shape index (κ1) is 15.2. The van der Waals surface area contributed by atoms with E-state index in [1.807, 2.05) is 38.1 Å². The van der Waals surface area contributed by atoms with Gasteiger partial charge in [-0.2, -0.15) is 5.10 Å². The van der Waals surface area contributed by atoms with Gasteiger partial charge in [0.05, 0.1) is 5.92 Å². The molecule has 1 aliphatic rings. The molecular weight excluding hydrogens is 294 g/mol. The zero-order valence-electron chi connectivity index (χ0n) is 13.2. The van der Waals surface area contributed by atoms with Crippen molar-refractivity contribution in [1.29, 1.82) is 0 Å². The smallest absolute Gasteiger partial charge is 0.229 e. The Bertz CT molecular complexity index is 740. The van der Waals surface area contributed by atoms with Crippen molar-refractivity contribution < 1.29 is 9.59 Å². The number of likely N-dealkylation sites (tertiary alicyclic amines) is 1. The van der Waals surface area contributed by atoms with Gasteiger partial charge >= 0.3 is 0 Å². The minimum absolute atomic E-state index is 0.0394. The van der Waals surface area contributed by atoms with Crippen LogP contribution in [0.3, 0.4) is 0 Å². The quantitative estimate of drug-likeness (QED) is 0.896. The summed E-state index contributed by atoms with van der Waals surface area (Å²) in [5.74, 6) is 0.942. The molecular formula is C16H19N5O2. The Hall–Kier alpha value is -2.70. The summed E-state index contributed by atoms with van der Waals surface area (Å²) in [5.41, 5.74) is 1.50. The molecule has 1 unspecified atom stereocenters. The molecule has 7 nitrogen and oxygen atoms in total. The molecule has 23 heavy (non-hydrogen) atoms. The van der Waals surface area contributed by atoms with Crippen LogP contribution >= 0.6 is 0 Å². The Morgan fingerprint density at radius 1 is 1.48 bits per heavy atom. The summed E-state index contributed by atoms with van der Waals surface area (Å²) >= 11 is 0. The molecule has 1 aliphatic heterocycles. The molecule has 1 aromatic heterocycles. The number of aromatic amines is 1. The van der Waals surface area contributed by atoms with Crippen molar-refractivity contribution in [3.8, 4) is 11.4 Å². The molecule has 0 saturated carbocycles. The number of aromatic nitrogens is 3. The van der Waals surface area contributed by atoms with Gasteiger partial charge in [-0.15, -0.1) is 0 Å². The van der Waals surface area contributed by atoms with E-state index in [0.717, 1.165) is 11.4 Å². The number of nitrogens with one attached hydrogen (secondary N) is 2. The second-order valence-corrected chi connectivity index (χ2v) is 5.65. The van der Waals surface area contributed by atoms with E-state index >= 15 is 0 Å². The van der Waals surface area contributed by atoms with Crippen LogP contribution in [-0.4, -0.2) is 45.0 Å². The third-order valence-electron chi connectivity index (χ3n) is 3.95. The predicted molar refractivity (Wildman–Crippen MR) is 85.5 cm³/mol. The average Bonchev–Trinajstić information content (AvgIpc) is 3.13. The fourth-order valence-corrected chi connectivity index (χ4v) is 2.71. The summed E-state index contributed by atoms with van der Waals surface area (Å²) in [7, 11) is 0. The number of hydrogen-bond donors (Lipinski definition) is 2. The number of hydrogen-bond acceptors (Lipinski definition) is 4. The van der Waals surface area contributed by atoms with Gasteiger partial charge in [0.15, 0.2) is 5.82 Å². The summed E-state index contributed by atoms with van der Waals surface area (Å²) < 4.78 is 0. The fraction of sp³-hybridized carbons (Fsp3) is 0.375. The zero-order chi connectivity index (χ0) is 16.4.